The van der Waals surface area contributed by atoms with Gasteiger partial charge in [-0.05, 0) is 37.1 Å². The van der Waals surface area contributed by atoms with E-state index in [4.69, 9.17) is 4.74 Å². The van der Waals surface area contributed by atoms with Crippen LogP contribution in [0, 0.1) is 5.92 Å². The van der Waals surface area contributed by atoms with Crippen LogP contribution in [-0.2, 0) is 19.1 Å². The van der Waals surface area contributed by atoms with E-state index < -0.39 is 5.97 Å². The van der Waals surface area contributed by atoms with E-state index in [9.17, 15) is 14.4 Å². The molecule has 1 aromatic rings. The van der Waals surface area contributed by atoms with Gasteiger partial charge in [0.15, 0.2) is 6.61 Å². The lowest BCUT2D eigenvalue weighted by Crippen LogP contribution is -2.35. The maximum Gasteiger partial charge on any atom is 0.308 e. The highest BCUT2D eigenvalue weighted by molar-refractivity contribution is 5.95. The number of esters is 1. The minimum atomic E-state index is -0.404. The molecule has 6 nitrogen and oxygen atoms in total. The molecule has 1 aliphatic heterocycles. The van der Waals surface area contributed by atoms with Crippen LogP contribution in [0.5, 0.6) is 0 Å². The first-order chi connectivity index (χ1) is 11.0. The zero-order valence-electron chi connectivity index (χ0n) is 13.5. The molecular weight excluding hydrogens is 296 g/mol. The molecule has 0 unspecified atom stereocenters. The van der Waals surface area contributed by atoms with E-state index in [1.165, 1.54) is 0 Å². The number of anilines is 2. The number of nitrogens with one attached hydrogen (secondary N) is 1. The molecule has 0 bridgehead atoms. The van der Waals surface area contributed by atoms with Crippen LogP contribution in [-0.4, -0.2) is 30.9 Å². The molecule has 1 saturated heterocycles. The summed E-state index contributed by atoms with van der Waals surface area (Å²) in [4.78, 5) is 36.7. The summed E-state index contributed by atoms with van der Waals surface area (Å²) in [6.07, 6.45) is 2.53. The Morgan fingerprint density at radius 2 is 1.91 bits per heavy atom. The molecule has 1 N–H and O–H groups in total. The molecular formula is C17H22N2O4. The van der Waals surface area contributed by atoms with Crippen molar-refractivity contribution in [2.45, 2.75) is 33.1 Å². The average Bonchev–Trinajstić information content (AvgIpc) is 2.54. The first-order valence-electron chi connectivity index (χ1n) is 7.84. The minimum Gasteiger partial charge on any atom is -0.455 e. The molecule has 0 aliphatic carbocycles. The predicted molar refractivity (Wildman–Crippen MR) is 87.1 cm³/mol. The molecule has 23 heavy (non-hydrogen) atoms. The average molecular weight is 318 g/mol. The summed E-state index contributed by atoms with van der Waals surface area (Å²) >= 11 is 0. The third kappa shape index (κ3) is 4.81. The van der Waals surface area contributed by atoms with E-state index in [2.05, 4.69) is 5.32 Å². The molecule has 0 saturated carbocycles. The first kappa shape index (κ1) is 17.0. The largest absolute Gasteiger partial charge is 0.455 e. The number of hydrogen-bond acceptors (Lipinski definition) is 4. The third-order valence-corrected chi connectivity index (χ3v) is 3.60. The number of ether oxygens (including phenoxy) is 1. The summed E-state index contributed by atoms with van der Waals surface area (Å²) in [5.74, 6) is -0.919. The van der Waals surface area contributed by atoms with Gasteiger partial charge < -0.3 is 15.0 Å². The Balaban J connectivity index is 1.88. The second-order valence-corrected chi connectivity index (χ2v) is 5.86. The van der Waals surface area contributed by atoms with Crippen LogP contribution in [0.25, 0.3) is 0 Å². The molecule has 6 heteroatoms. The normalized spacial score (nSPS) is 14.7. The number of amides is 2. The fourth-order valence-electron chi connectivity index (χ4n) is 2.30. The van der Waals surface area contributed by atoms with Gasteiger partial charge in [-0.25, -0.2) is 0 Å². The summed E-state index contributed by atoms with van der Waals surface area (Å²) in [6, 6.07) is 7.08. The lowest BCUT2D eigenvalue weighted by molar-refractivity contribution is -0.150. The number of carbonyl (C=O) groups is 3. The van der Waals surface area contributed by atoms with Gasteiger partial charge in [-0.3, -0.25) is 14.4 Å². The first-order valence-corrected chi connectivity index (χ1v) is 7.84. The molecule has 1 heterocycles. The zero-order chi connectivity index (χ0) is 16.8. The van der Waals surface area contributed by atoms with Gasteiger partial charge >= 0.3 is 5.97 Å². The van der Waals surface area contributed by atoms with E-state index in [1.807, 2.05) is 0 Å². The Morgan fingerprint density at radius 3 is 2.52 bits per heavy atom. The summed E-state index contributed by atoms with van der Waals surface area (Å²) < 4.78 is 4.87. The van der Waals surface area contributed by atoms with Gasteiger partial charge in [-0.15, -0.1) is 0 Å². The molecule has 124 valence electrons. The smallest absolute Gasteiger partial charge is 0.308 e. The molecule has 0 aromatic heterocycles. The van der Waals surface area contributed by atoms with Crippen LogP contribution >= 0.6 is 0 Å². The summed E-state index contributed by atoms with van der Waals surface area (Å²) in [6.45, 7) is 3.85. The van der Waals surface area contributed by atoms with Crippen LogP contribution in [0.2, 0.25) is 0 Å². The Morgan fingerprint density at radius 1 is 1.22 bits per heavy atom. The summed E-state index contributed by atoms with van der Waals surface area (Å²) in [5.41, 5.74) is 1.43. The fourth-order valence-corrected chi connectivity index (χ4v) is 2.30. The molecule has 2 amide bonds. The highest BCUT2D eigenvalue weighted by atomic mass is 16.5. The van der Waals surface area contributed by atoms with Crippen LogP contribution in [0.4, 0.5) is 11.4 Å². The van der Waals surface area contributed by atoms with Crippen molar-refractivity contribution >= 4 is 29.2 Å². The topological polar surface area (TPSA) is 75.7 Å². The van der Waals surface area contributed by atoms with Gasteiger partial charge in [0.05, 0.1) is 5.92 Å². The van der Waals surface area contributed by atoms with Gasteiger partial charge in [0.1, 0.15) is 0 Å². The Labute approximate surface area is 135 Å². The standard InChI is InChI=1S/C17H22N2O4/c1-12(2)17(22)23-11-15(20)18-13-6-8-14(9-7-13)19-10-4-3-5-16(19)21/h6-9,12H,3-5,10-11H2,1-2H3,(H,18,20). The summed E-state index contributed by atoms with van der Waals surface area (Å²) in [5, 5.41) is 2.66. The van der Waals surface area contributed by atoms with E-state index in [1.54, 1.807) is 43.0 Å². The lowest BCUT2D eigenvalue weighted by Gasteiger charge is -2.26. The molecule has 1 aliphatic rings. The van der Waals surface area contributed by atoms with Gasteiger partial charge in [0, 0.05) is 24.3 Å². The third-order valence-electron chi connectivity index (χ3n) is 3.60. The number of nitrogens with zero attached hydrogens (tertiary/aromatic N) is 1. The van der Waals surface area contributed by atoms with Crippen LogP contribution in [0.15, 0.2) is 24.3 Å². The van der Waals surface area contributed by atoms with Gasteiger partial charge in [-0.2, -0.15) is 0 Å². The van der Waals surface area contributed by atoms with Gasteiger partial charge in [0.2, 0.25) is 5.91 Å². The van der Waals surface area contributed by atoms with Crippen molar-refractivity contribution in [3.8, 4) is 0 Å². The monoisotopic (exact) mass is 318 g/mol. The second-order valence-electron chi connectivity index (χ2n) is 5.86. The molecule has 1 aromatic carbocycles. The SMILES string of the molecule is CC(C)C(=O)OCC(=O)Nc1ccc(N2CCCCC2=O)cc1. The molecule has 0 radical (unpaired) electrons. The highest BCUT2D eigenvalue weighted by Gasteiger charge is 2.19. The highest BCUT2D eigenvalue weighted by Crippen LogP contribution is 2.22. The van der Waals surface area contributed by atoms with Gasteiger partial charge in [-0.1, -0.05) is 13.8 Å². The summed E-state index contributed by atoms with van der Waals surface area (Å²) in [7, 11) is 0. The maximum absolute atomic E-state index is 11.9. The van der Waals surface area contributed by atoms with E-state index in [-0.39, 0.29) is 24.3 Å². The molecule has 1 fully saturated rings. The Bertz CT molecular complexity index is 581. The zero-order valence-corrected chi connectivity index (χ0v) is 13.5. The molecule has 0 atom stereocenters. The minimum absolute atomic E-state index is 0.133. The number of benzene rings is 1. The predicted octanol–water partition coefficient (Wildman–Crippen LogP) is 2.34. The van der Waals surface area contributed by atoms with Crippen molar-refractivity contribution < 1.29 is 19.1 Å². The van der Waals surface area contributed by atoms with Gasteiger partial charge in [0.25, 0.3) is 5.91 Å². The quantitative estimate of drug-likeness (QED) is 0.846. The maximum atomic E-state index is 11.9. The van der Waals surface area contributed by atoms with E-state index in [0.29, 0.717) is 12.1 Å². The van der Waals surface area contributed by atoms with Crippen LogP contribution < -0.4 is 10.2 Å². The van der Waals surface area contributed by atoms with Crippen molar-refractivity contribution in [1.82, 2.24) is 0 Å². The van der Waals surface area contributed by atoms with Crippen molar-refractivity contribution in [3.63, 3.8) is 0 Å². The molecule has 0 spiro atoms. The number of piperidine rings is 1. The second kappa shape index (κ2) is 7.76. The van der Waals surface area contributed by atoms with Crippen molar-refractivity contribution in [2.75, 3.05) is 23.4 Å². The Hall–Kier alpha value is -2.37. The lowest BCUT2D eigenvalue weighted by atomic mass is 10.1. The number of rotatable bonds is 5. The Kier molecular flexibility index (Phi) is 5.73. The van der Waals surface area contributed by atoms with Crippen molar-refractivity contribution in [2.24, 2.45) is 5.92 Å². The van der Waals surface area contributed by atoms with Crippen LogP contribution in [0.3, 0.4) is 0 Å². The number of hydrogen-bond donors (Lipinski definition) is 1. The van der Waals surface area contributed by atoms with Crippen molar-refractivity contribution in [1.29, 1.82) is 0 Å². The molecule has 2 rings (SSSR count). The van der Waals surface area contributed by atoms with E-state index >= 15 is 0 Å². The van der Waals surface area contributed by atoms with Crippen molar-refractivity contribution in [3.05, 3.63) is 24.3 Å². The fraction of sp³-hybridized carbons (Fsp3) is 0.471. The number of carbonyl (C=O) groups excluding carboxylic acids is 3. The van der Waals surface area contributed by atoms with E-state index in [0.717, 1.165) is 25.1 Å². The van der Waals surface area contributed by atoms with Crippen LogP contribution in [0.1, 0.15) is 33.1 Å².